The first kappa shape index (κ1) is 17.4. The van der Waals surface area contributed by atoms with Gasteiger partial charge in [-0.2, -0.15) is 0 Å². The van der Waals surface area contributed by atoms with Crippen LogP contribution < -0.4 is 15.4 Å². The van der Waals surface area contributed by atoms with Gasteiger partial charge in [0.1, 0.15) is 17.4 Å². The van der Waals surface area contributed by atoms with Gasteiger partial charge in [-0.3, -0.25) is 9.59 Å². The van der Waals surface area contributed by atoms with Crippen molar-refractivity contribution in [3.8, 4) is 5.75 Å². The highest BCUT2D eigenvalue weighted by atomic mass is 19.1. The summed E-state index contributed by atoms with van der Waals surface area (Å²) in [5.41, 5.74) is 0.199. The van der Waals surface area contributed by atoms with Crippen molar-refractivity contribution in [2.24, 2.45) is 0 Å². The zero-order valence-corrected chi connectivity index (χ0v) is 12.9. The number of carbonyl (C=O) groups is 2. The predicted molar refractivity (Wildman–Crippen MR) is 84.0 cm³/mol. The minimum atomic E-state index is -0.935. The van der Waals surface area contributed by atoms with Gasteiger partial charge in [0.25, 0.3) is 11.8 Å². The Morgan fingerprint density at radius 2 is 1.58 bits per heavy atom. The third kappa shape index (κ3) is 4.52. The second-order valence-electron chi connectivity index (χ2n) is 4.86. The van der Waals surface area contributed by atoms with Crippen molar-refractivity contribution in [2.75, 3.05) is 20.2 Å². The molecule has 2 N–H and O–H groups in total. The number of carbonyl (C=O) groups excluding carboxylic acids is 2. The molecular weight excluding hydrogens is 318 g/mol. The quantitative estimate of drug-likeness (QED) is 0.796. The van der Waals surface area contributed by atoms with Crippen molar-refractivity contribution in [3.63, 3.8) is 0 Å². The van der Waals surface area contributed by atoms with Crippen molar-refractivity contribution in [3.05, 3.63) is 65.2 Å². The molecule has 0 fully saturated rings. The third-order valence-electron chi connectivity index (χ3n) is 3.22. The van der Waals surface area contributed by atoms with Crippen LogP contribution in [0.3, 0.4) is 0 Å². The smallest absolute Gasteiger partial charge is 0.254 e. The topological polar surface area (TPSA) is 67.4 Å². The zero-order valence-electron chi connectivity index (χ0n) is 12.9. The molecule has 0 aromatic heterocycles. The molecule has 2 aromatic rings. The number of methoxy groups -OCH3 is 1. The van der Waals surface area contributed by atoms with Crippen LogP contribution >= 0.6 is 0 Å². The van der Waals surface area contributed by atoms with E-state index in [-0.39, 0.29) is 24.6 Å². The first-order valence-electron chi connectivity index (χ1n) is 7.17. The van der Waals surface area contributed by atoms with Gasteiger partial charge in [-0.1, -0.05) is 0 Å². The molecule has 126 valence electrons. The Morgan fingerprint density at radius 3 is 2.17 bits per heavy atom. The number of nitrogens with one attached hydrogen (secondary N) is 2. The Labute approximate surface area is 137 Å². The van der Waals surface area contributed by atoms with Crippen LogP contribution in [-0.2, 0) is 0 Å². The summed E-state index contributed by atoms with van der Waals surface area (Å²) in [6.45, 7) is 0.275. The van der Waals surface area contributed by atoms with Gasteiger partial charge in [-0.15, -0.1) is 0 Å². The Kier molecular flexibility index (Phi) is 5.83. The summed E-state index contributed by atoms with van der Waals surface area (Å²) in [6.07, 6.45) is 0. The van der Waals surface area contributed by atoms with Gasteiger partial charge >= 0.3 is 0 Å². The predicted octanol–water partition coefficient (Wildman–Crippen LogP) is 2.13. The number of amides is 2. The lowest BCUT2D eigenvalue weighted by Gasteiger charge is -2.08. The highest BCUT2D eigenvalue weighted by Crippen LogP contribution is 2.11. The van der Waals surface area contributed by atoms with E-state index in [1.54, 1.807) is 24.3 Å². The Hall–Kier alpha value is -2.96. The largest absolute Gasteiger partial charge is 0.497 e. The van der Waals surface area contributed by atoms with Crippen LogP contribution in [0.25, 0.3) is 0 Å². The van der Waals surface area contributed by atoms with Crippen LogP contribution in [0.5, 0.6) is 5.75 Å². The Bertz CT molecular complexity index is 733. The highest BCUT2D eigenvalue weighted by Gasteiger charge is 2.12. The number of rotatable bonds is 6. The molecule has 24 heavy (non-hydrogen) atoms. The van der Waals surface area contributed by atoms with Crippen molar-refractivity contribution in [2.45, 2.75) is 0 Å². The molecule has 2 aromatic carbocycles. The molecule has 0 radical (unpaired) electrons. The normalized spacial score (nSPS) is 10.1. The molecule has 0 aliphatic heterocycles. The van der Waals surface area contributed by atoms with Gasteiger partial charge in [0.05, 0.1) is 12.7 Å². The molecule has 0 saturated heterocycles. The van der Waals surface area contributed by atoms with E-state index in [4.69, 9.17) is 4.74 Å². The average Bonchev–Trinajstić information content (AvgIpc) is 2.58. The molecule has 2 amide bonds. The van der Waals surface area contributed by atoms with Gasteiger partial charge in [-0.25, -0.2) is 8.78 Å². The molecular formula is C17H16F2N2O3. The maximum atomic E-state index is 13.4. The molecule has 5 nitrogen and oxygen atoms in total. The van der Waals surface area contributed by atoms with Crippen LogP contribution in [0.2, 0.25) is 0 Å². The lowest BCUT2D eigenvalue weighted by molar-refractivity contribution is 0.0925. The molecule has 0 saturated carbocycles. The van der Waals surface area contributed by atoms with Crippen LogP contribution in [-0.4, -0.2) is 32.0 Å². The monoisotopic (exact) mass is 334 g/mol. The molecule has 0 aliphatic carbocycles. The fraction of sp³-hybridized carbons (Fsp3) is 0.176. The van der Waals surface area contributed by atoms with E-state index >= 15 is 0 Å². The zero-order chi connectivity index (χ0) is 17.5. The lowest BCUT2D eigenvalue weighted by atomic mass is 10.2. The van der Waals surface area contributed by atoms with E-state index in [9.17, 15) is 18.4 Å². The number of ether oxygens (including phenoxy) is 1. The average molecular weight is 334 g/mol. The number of benzene rings is 2. The van der Waals surface area contributed by atoms with E-state index < -0.39 is 17.5 Å². The number of hydrogen-bond donors (Lipinski definition) is 2. The number of halogens is 2. The van der Waals surface area contributed by atoms with Gasteiger partial charge < -0.3 is 15.4 Å². The van der Waals surface area contributed by atoms with Gasteiger partial charge in [-0.05, 0) is 36.4 Å². The summed E-state index contributed by atoms with van der Waals surface area (Å²) in [4.78, 5) is 23.6. The molecule has 0 aliphatic rings. The fourth-order valence-electron chi connectivity index (χ4n) is 1.97. The maximum Gasteiger partial charge on any atom is 0.254 e. The van der Waals surface area contributed by atoms with E-state index in [1.807, 2.05) is 0 Å². The second kappa shape index (κ2) is 8.05. The summed E-state index contributed by atoms with van der Waals surface area (Å²) in [5, 5.41) is 5.07. The standard InChI is InChI=1S/C17H16F2N2O3/c1-24-13-5-2-11(3-6-13)16(22)20-8-9-21-17(23)14-7-4-12(18)10-15(14)19/h2-7,10H,8-9H2,1H3,(H,20,22)(H,21,23). The molecule has 0 atom stereocenters. The van der Waals surface area contributed by atoms with Crippen molar-refractivity contribution in [1.29, 1.82) is 0 Å². The molecule has 0 heterocycles. The summed E-state index contributed by atoms with van der Waals surface area (Å²) >= 11 is 0. The lowest BCUT2D eigenvalue weighted by Crippen LogP contribution is -2.35. The van der Waals surface area contributed by atoms with E-state index in [0.717, 1.165) is 12.1 Å². The van der Waals surface area contributed by atoms with E-state index in [0.29, 0.717) is 17.4 Å². The minimum Gasteiger partial charge on any atom is -0.497 e. The summed E-state index contributed by atoms with van der Waals surface area (Å²) < 4.78 is 31.2. The number of hydrogen-bond acceptors (Lipinski definition) is 3. The van der Waals surface area contributed by atoms with Crippen molar-refractivity contribution < 1.29 is 23.1 Å². The van der Waals surface area contributed by atoms with Crippen LogP contribution in [0, 0.1) is 11.6 Å². The molecule has 2 rings (SSSR count). The van der Waals surface area contributed by atoms with Crippen LogP contribution in [0.1, 0.15) is 20.7 Å². The minimum absolute atomic E-state index is 0.109. The van der Waals surface area contributed by atoms with Crippen molar-refractivity contribution >= 4 is 11.8 Å². The van der Waals surface area contributed by atoms with Crippen LogP contribution in [0.15, 0.2) is 42.5 Å². The first-order valence-corrected chi connectivity index (χ1v) is 7.17. The Balaban J connectivity index is 1.79. The third-order valence-corrected chi connectivity index (χ3v) is 3.22. The maximum absolute atomic E-state index is 13.4. The molecule has 0 spiro atoms. The Morgan fingerprint density at radius 1 is 0.958 bits per heavy atom. The molecule has 0 bridgehead atoms. The molecule has 7 heteroatoms. The van der Waals surface area contributed by atoms with Crippen molar-refractivity contribution in [1.82, 2.24) is 10.6 Å². The summed E-state index contributed by atoms with van der Waals surface area (Å²) in [5.74, 6) is -2.03. The summed E-state index contributed by atoms with van der Waals surface area (Å²) in [7, 11) is 1.53. The SMILES string of the molecule is COc1ccc(C(=O)NCCNC(=O)c2ccc(F)cc2F)cc1. The molecule has 0 unspecified atom stereocenters. The van der Waals surface area contributed by atoms with Gasteiger partial charge in [0, 0.05) is 24.7 Å². The highest BCUT2D eigenvalue weighted by molar-refractivity contribution is 5.95. The first-order chi connectivity index (χ1) is 11.5. The fourth-order valence-corrected chi connectivity index (χ4v) is 1.97. The van der Waals surface area contributed by atoms with Gasteiger partial charge in [0.2, 0.25) is 0 Å². The summed E-state index contributed by atoms with van der Waals surface area (Å²) in [6, 6.07) is 9.25. The second-order valence-corrected chi connectivity index (χ2v) is 4.86. The van der Waals surface area contributed by atoms with Crippen LogP contribution in [0.4, 0.5) is 8.78 Å². The van der Waals surface area contributed by atoms with Gasteiger partial charge in [0.15, 0.2) is 0 Å². The van der Waals surface area contributed by atoms with E-state index in [1.165, 1.54) is 7.11 Å². The van der Waals surface area contributed by atoms with E-state index in [2.05, 4.69) is 10.6 Å².